The zero-order valence-electron chi connectivity index (χ0n) is 16.8. The maximum atomic E-state index is 12.6. The second kappa shape index (κ2) is 8.47. The van der Waals surface area contributed by atoms with Crippen LogP contribution in [0.3, 0.4) is 0 Å². The molecule has 0 amide bonds. The lowest BCUT2D eigenvalue weighted by Crippen LogP contribution is -2.33. The first-order valence-electron chi connectivity index (χ1n) is 9.54. The fraction of sp³-hybridized carbons (Fsp3) is 0.500. The van der Waals surface area contributed by atoms with Gasteiger partial charge in [0.2, 0.25) is 0 Å². The molecule has 0 aliphatic carbocycles. The molecule has 2 aliphatic heterocycles. The molecule has 0 radical (unpaired) electrons. The van der Waals surface area contributed by atoms with Gasteiger partial charge in [0.05, 0.1) is 12.7 Å². The van der Waals surface area contributed by atoms with E-state index in [0.29, 0.717) is 24.2 Å². The van der Waals surface area contributed by atoms with Crippen LogP contribution in [0.15, 0.2) is 42.5 Å². The van der Waals surface area contributed by atoms with Gasteiger partial charge in [0.15, 0.2) is 5.79 Å². The third kappa shape index (κ3) is 4.82. The van der Waals surface area contributed by atoms with E-state index in [1.165, 1.54) is 0 Å². The van der Waals surface area contributed by atoms with Crippen LogP contribution >= 0.6 is 0 Å². The standard InChI is InChI=1S/C22H28O6/c1-14-7-5-9-18(23)20-19(27-22(2,3)28-20)10-6-8-15-13-16(25-4)11-12-17(15)21(24)26-14/h5-6,9-14,18-20,23H,7-8H2,1-4H3/b9-5-,10-6-/t14-,18?,19-,20+/m0/s1. The Bertz CT molecular complexity index is 766. The normalized spacial score (nSPS) is 32.4. The largest absolute Gasteiger partial charge is 0.497 e. The van der Waals surface area contributed by atoms with Crippen molar-refractivity contribution in [2.24, 2.45) is 0 Å². The summed E-state index contributed by atoms with van der Waals surface area (Å²) in [5.74, 6) is -0.480. The van der Waals surface area contributed by atoms with Crippen LogP contribution in [0.1, 0.15) is 43.1 Å². The number of carbonyl (C=O) groups is 1. The van der Waals surface area contributed by atoms with E-state index in [4.69, 9.17) is 18.9 Å². The molecular weight excluding hydrogens is 360 g/mol. The Kier molecular flexibility index (Phi) is 6.23. The third-order valence-electron chi connectivity index (χ3n) is 4.81. The van der Waals surface area contributed by atoms with Crippen LogP contribution in [0.2, 0.25) is 0 Å². The quantitative estimate of drug-likeness (QED) is 0.588. The number of carbonyl (C=O) groups excluding carboxylic acids is 1. The first-order chi connectivity index (χ1) is 13.3. The number of allylic oxidation sites excluding steroid dienone is 1. The molecule has 0 saturated carbocycles. The summed E-state index contributed by atoms with van der Waals surface area (Å²) in [5, 5.41) is 10.5. The highest BCUT2D eigenvalue weighted by Crippen LogP contribution is 2.31. The second-order valence-electron chi connectivity index (χ2n) is 7.59. The Hall–Kier alpha value is -2.15. The van der Waals surface area contributed by atoms with E-state index in [1.807, 2.05) is 39.0 Å². The number of aliphatic hydroxyl groups is 1. The monoisotopic (exact) mass is 388 g/mol. The van der Waals surface area contributed by atoms with E-state index < -0.39 is 24.1 Å². The van der Waals surface area contributed by atoms with Gasteiger partial charge >= 0.3 is 5.97 Å². The van der Waals surface area contributed by atoms with Crippen molar-refractivity contribution in [1.82, 2.24) is 0 Å². The fourth-order valence-corrected chi connectivity index (χ4v) is 3.44. The van der Waals surface area contributed by atoms with Gasteiger partial charge in [-0.25, -0.2) is 4.79 Å². The van der Waals surface area contributed by atoms with Crippen molar-refractivity contribution in [3.8, 4) is 5.75 Å². The lowest BCUT2D eigenvalue weighted by molar-refractivity contribution is -0.150. The lowest BCUT2D eigenvalue weighted by Gasteiger charge is -2.19. The van der Waals surface area contributed by atoms with E-state index in [1.54, 1.807) is 31.4 Å². The minimum atomic E-state index is -0.824. The van der Waals surface area contributed by atoms with Crippen LogP contribution in [-0.2, 0) is 20.6 Å². The minimum absolute atomic E-state index is 0.322. The third-order valence-corrected chi connectivity index (χ3v) is 4.81. The molecule has 6 heteroatoms. The average molecular weight is 388 g/mol. The molecule has 0 bridgehead atoms. The smallest absolute Gasteiger partial charge is 0.338 e. The van der Waals surface area contributed by atoms with Gasteiger partial charge in [0.1, 0.15) is 30.2 Å². The minimum Gasteiger partial charge on any atom is -0.497 e. The van der Waals surface area contributed by atoms with Crippen molar-refractivity contribution in [3.63, 3.8) is 0 Å². The maximum Gasteiger partial charge on any atom is 0.338 e. The second-order valence-corrected chi connectivity index (χ2v) is 7.59. The van der Waals surface area contributed by atoms with Crippen molar-refractivity contribution in [3.05, 3.63) is 53.6 Å². The van der Waals surface area contributed by atoms with Crippen molar-refractivity contribution in [2.45, 2.75) is 63.8 Å². The van der Waals surface area contributed by atoms with Crippen molar-refractivity contribution in [2.75, 3.05) is 7.11 Å². The summed E-state index contributed by atoms with van der Waals surface area (Å²) in [5.41, 5.74) is 1.31. The summed E-state index contributed by atoms with van der Waals surface area (Å²) in [6.07, 6.45) is 6.21. The molecule has 28 heavy (non-hydrogen) atoms. The summed E-state index contributed by atoms with van der Waals surface area (Å²) in [6, 6.07) is 5.31. The van der Waals surface area contributed by atoms with E-state index in [2.05, 4.69) is 0 Å². The summed E-state index contributed by atoms with van der Waals surface area (Å²) in [6.45, 7) is 5.48. The Morgan fingerprint density at radius 3 is 2.71 bits per heavy atom. The van der Waals surface area contributed by atoms with Crippen LogP contribution in [0.5, 0.6) is 5.75 Å². The topological polar surface area (TPSA) is 74.2 Å². The van der Waals surface area contributed by atoms with Gasteiger partial charge in [-0.1, -0.05) is 24.3 Å². The van der Waals surface area contributed by atoms with Crippen LogP contribution in [0.25, 0.3) is 0 Å². The zero-order chi connectivity index (χ0) is 20.3. The van der Waals surface area contributed by atoms with Gasteiger partial charge < -0.3 is 24.1 Å². The SMILES string of the molecule is COc1ccc2c(c1)C/C=C\[C@@H]1OC(C)(C)O[C@@H]1C(O)/C=C\C[C@H](C)OC2=O. The number of hydrogen-bond donors (Lipinski definition) is 1. The molecule has 2 aliphatic rings. The molecule has 1 saturated heterocycles. The number of benzene rings is 1. The highest BCUT2D eigenvalue weighted by molar-refractivity contribution is 5.91. The number of aliphatic hydroxyl groups excluding tert-OH is 1. The van der Waals surface area contributed by atoms with Crippen LogP contribution < -0.4 is 4.74 Å². The van der Waals surface area contributed by atoms with Gasteiger partial charge in [-0.05, 0) is 51.0 Å². The molecular formula is C22H28O6. The van der Waals surface area contributed by atoms with Gasteiger partial charge in [-0.3, -0.25) is 0 Å². The molecule has 3 rings (SSSR count). The Balaban J connectivity index is 1.94. The predicted molar refractivity (Wildman–Crippen MR) is 104 cm³/mol. The number of ether oxygens (including phenoxy) is 4. The Labute approximate surface area is 165 Å². The zero-order valence-corrected chi connectivity index (χ0v) is 16.8. The predicted octanol–water partition coefficient (Wildman–Crippen LogP) is 3.18. The summed E-state index contributed by atoms with van der Waals surface area (Å²) < 4.78 is 22.7. The molecule has 152 valence electrons. The first-order valence-corrected chi connectivity index (χ1v) is 9.54. The van der Waals surface area contributed by atoms with Gasteiger partial charge in [-0.2, -0.15) is 0 Å². The summed E-state index contributed by atoms with van der Waals surface area (Å²) in [7, 11) is 1.59. The molecule has 1 unspecified atom stereocenters. The van der Waals surface area contributed by atoms with Crippen LogP contribution in [0.4, 0.5) is 0 Å². The molecule has 1 N–H and O–H groups in total. The number of hydrogen-bond acceptors (Lipinski definition) is 6. The highest BCUT2D eigenvalue weighted by atomic mass is 16.8. The Morgan fingerprint density at radius 1 is 1.18 bits per heavy atom. The molecule has 0 aromatic heterocycles. The van der Waals surface area contributed by atoms with Crippen molar-refractivity contribution >= 4 is 5.97 Å². The van der Waals surface area contributed by atoms with Crippen LogP contribution in [0, 0.1) is 0 Å². The molecule has 6 nitrogen and oxygen atoms in total. The number of esters is 1. The van der Waals surface area contributed by atoms with Gasteiger partial charge in [-0.15, -0.1) is 0 Å². The van der Waals surface area contributed by atoms with E-state index in [9.17, 15) is 9.90 Å². The van der Waals surface area contributed by atoms with E-state index >= 15 is 0 Å². The number of fused-ring (bicyclic) bond motifs is 2. The summed E-state index contributed by atoms with van der Waals surface area (Å²) in [4.78, 5) is 12.6. The number of rotatable bonds is 1. The maximum absolute atomic E-state index is 12.6. The van der Waals surface area contributed by atoms with E-state index in [0.717, 1.165) is 5.56 Å². The molecule has 2 heterocycles. The van der Waals surface area contributed by atoms with Gasteiger partial charge in [0.25, 0.3) is 0 Å². The highest BCUT2D eigenvalue weighted by Gasteiger charge is 2.42. The fourth-order valence-electron chi connectivity index (χ4n) is 3.44. The Morgan fingerprint density at radius 2 is 1.96 bits per heavy atom. The molecule has 1 aromatic rings. The molecule has 1 aromatic carbocycles. The molecule has 0 spiro atoms. The lowest BCUT2D eigenvalue weighted by atomic mass is 10.0. The average Bonchev–Trinajstić information content (AvgIpc) is 2.95. The van der Waals surface area contributed by atoms with Gasteiger partial charge in [0, 0.05) is 6.42 Å². The van der Waals surface area contributed by atoms with Crippen molar-refractivity contribution < 1.29 is 28.8 Å². The van der Waals surface area contributed by atoms with E-state index in [-0.39, 0.29) is 12.1 Å². The van der Waals surface area contributed by atoms with Crippen molar-refractivity contribution in [1.29, 1.82) is 0 Å². The van der Waals surface area contributed by atoms with Crippen LogP contribution in [-0.4, -0.2) is 48.4 Å². The first kappa shape index (κ1) is 20.6. The molecule has 1 fully saturated rings. The number of methoxy groups -OCH3 is 1. The summed E-state index contributed by atoms with van der Waals surface area (Å²) >= 11 is 0. The number of cyclic esters (lactones) is 1. The molecule has 4 atom stereocenters.